The lowest BCUT2D eigenvalue weighted by Gasteiger charge is -2.04. The third-order valence-corrected chi connectivity index (χ3v) is 1.68. The summed E-state index contributed by atoms with van der Waals surface area (Å²) in [5.74, 6) is 0.390. The lowest BCUT2D eigenvalue weighted by atomic mass is 10.2. The summed E-state index contributed by atoms with van der Waals surface area (Å²) in [4.78, 5) is 0. The fraction of sp³-hybridized carbons (Fsp3) is 0. The van der Waals surface area contributed by atoms with Gasteiger partial charge in [-0.1, -0.05) is 6.07 Å². The molecule has 1 aromatic heterocycles. The van der Waals surface area contributed by atoms with Crippen LogP contribution in [0.1, 0.15) is 0 Å². The van der Waals surface area contributed by atoms with E-state index < -0.39 is 7.32 Å². The van der Waals surface area contributed by atoms with Crippen molar-refractivity contribution < 1.29 is 14.7 Å². The van der Waals surface area contributed by atoms with Crippen molar-refractivity contribution in [2.24, 2.45) is 0 Å². The molecule has 0 amide bonds. The maximum atomic E-state index is 8.61. The van der Waals surface area contributed by atoms with Crippen molar-refractivity contribution in [3.8, 4) is 5.75 Å². The molecule has 3 N–H and O–H groups in total. The highest BCUT2D eigenvalue weighted by Crippen LogP contribution is 2.23. The van der Waals surface area contributed by atoms with E-state index in [1.54, 1.807) is 18.3 Å². The molecule has 0 fully saturated rings. The molecular formula is C7H7BN2O3. The molecule has 13 heavy (non-hydrogen) atoms. The highest BCUT2D eigenvalue weighted by Gasteiger charge is 2.13. The quantitative estimate of drug-likeness (QED) is 0.561. The van der Waals surface area contributed by atoms with Gasteiger partial charge in [0.1, 0.15) is 5.75 Å². The van der Waals surface area contributed by atoms with Crippen molar-refractivity contribution in [3.05, 3.63) is 24.4 Å². The number of H-pyrrole nitrogens is 1. The molecule has 0 atom stereocenters. The van der Waals surface area contributed by atoms with E-state index in [0.29, 0.717) is 5.75 Å². The highest BCUT2D eigenvalue weighted by atomic mass is 16.6. The van der Waals surface area contributed by atoms with Gasteiger partial charge in [0, 0.05) is 0 Å². The summed E-state index contributed by atoms with van der Waals surface area (Å²) in [6.07, 6.45) is 1.56. The Morgan fingerprint density at radius 1 is 1.38 bits per heavy atom. The molecule has 0 aliphatic heterocycles. The van der Waals surface area contributed by atoms with Gasteiger partial charge in [0.2, 0.25) is 0 Å². The largest absolute Gasteiger partial charge is 0.707 e. The summed E-state index contributed by atoms with van der Waals surface area (Å²) >= 11 is 0. The molecule has 6 heteroatoms. The van der Waals surface area contributed by atoms with E-state index in [1.807, 2.05) is 6.07 Å². The summed E-state index contributed by atoms with van der Waals surface area (Å²) in [6.45, 7) is 0. The predicted octanol–water partition coefficient (Wildman–Crippen LogP) is -0.0888. The lowest BCUT2D eigenvalue weighted by molar-refractivity contribution is 0.289. The number of hydrogen-bond acceptors (Lipinski definition) is 4. The van der Waals surface area contributed by atoms with Gasteiger partial charge in [0.25, 0.3) is 0 Å². The number of nitrogens with one attached hydrogen (secondary N) is 1. The van der Waals surface area contributed by atoms with Gasteiger partial charge in [-0.05, 0) is 12.1 Å². The third kappa shape index (κ3) is 1.49. The van der Waals surface area contributed by atoms with E-state index in [0.717, 1.165) is 10.9 Å². The minimum Gasteiger partial charge on any atom is -0.511 e. The zero-order chi connectivity index (χ0) is 9.26. The minimum atomic E-state index is -1.81. The zero-order valence-corrected chi connectivity index (χ0v) is 6.64. The molecule has 0 unspecified atom stereocenters. The van der Waals surface area contributed by atoms with Gasteiger partial charge in [0.15, 0.2) is 0 Å². The average Bonchev–Trinajstić information content (AvgIpc) is 2.51. The Labute approximate surface area is 74.1 Å². The summed E-state index contributed by atoms with van der Waals surface area (Å²) in [5, 5.41) is 24.5. The Morgan fingerprint density at radius 3 is 3.00 bits per heavy atom. The smallest absolute Gasteiger partial charge is 0.511 e. The molecular weight excluding hydrogens is 171 g/mol. The Hall–Kier alpha value is -1.53. The zero-order valence-electron chi connectivity index (χ0n) is 6.64. The van der Waals surface area contributed by atoms with Gasteiger partial charge in [-0.3, -0.25) is 5.10 Å². The molecule has 5 nitrogen and oxygen atoms in total. The number of aromatic amines is 1. The molecule has 0 saturated heterocycles. The summed E-state index contributed by atoms with van der Waals surface area (Å²) in [5.41, 5.74) is 0.790. The van der Waals surface area contributed by atoms with Gasteiger partial charge in [-0.2, -0.15) is 5.10 Å². The first kappa shape index (κ1) is 8.09. The number of fused-ring (bicyclic) bond motifs is 1. The molecule has 1 heterocycles. The van der Waals surface area contributed by atoms with Gasteiger partial charge in [-0.15, -0.1) is 0 Å². The Kier molecular flexibility index (Phi) is 1.92. The molecule has 0 spiro atoms. The van der Waals surface area contributed by atoms with Crippen LogP contribution in [0.3, 0.4) is 0 Å². The van der Waals surface area contributed by atoms with E-state index in [2.05, 4.69) is 10.2 Å². The van der Waals surface area contributed by atoms with Crippen molar-refractivity contribution in [3.63, 3.8) is 0 Å². The van der Waals surface area contributed by atoms with Crippen LogP contribution in [0, 0.1) is 0 Å². The fourth-order valence-corrected chi connectivity index (χ4v) is 1.16. The van der Waals surface area contributed by atoms with Crippen LogP contribution in [0.2, 0.25) is 0 Å². The predicted molar refractivity (Wildman–Crippen MR) is 46.9 cm³/mol. The number of hydrogen-bond donors (Lipinski definition) is 3. The van der Waals surface area contributed by atoms with Crippen LogP contribution in [0.4, 0.5) is 0 Å². The van der Waals surface area contributed by atoms with E-state index in [-0.39, 0.29) is 0 Å². The third-order valence-electron chi connectivity index (χ3n) is 1.68. The molecule has 0 aliphatic carbocycles. The van der Waals surface area contributed by atoms with Crippen LogP contribution in [0.5, 0.6) is 5.75 Å². The van der Waals surface area contributed by atoms with E-state index >= 15 is 0 Å². The Bertz CT molecular complexity index is 415. The van der Waals surface area contributed by atoms with Crippen molar-refractivity contribution in [1.29, 1.82) is 0 Å². The lowest BCUT2D eigenvalue weighted by Crippen LogP contribution is -2.20. The Balaban J connectivity index is 2.48. The molecule has 0 saturated carbocycles. The van der Waals surface area contributed by atoms with Crippen molar-refractivity contribution in [1.82, 2.24) is 10.2 Å². The fourth-order valence-electron chi connectivity index (χ4n) is 1.16. The molecule has 0 aliphatic rings. The van der Waals surface area contributed by atoms with Crippen LogP contribution in [0.25, 0.3) is 10.9 Å². The summed E-state index contributed by atoms with van der Waals surface area (Å²) in [7, 11) is -1.81. The van der Waals surface area contributed by atoms with E-state index in [4.69, 9.17) is 14.7 Å². The SMILES string of the molecule is OB(O)Oc1cccc2[nH]ncc12. The standard InChI is InChI=1S/C7H7BN2O3/c11-8(12)13-7-3-1-2-6-5(7)4-9-10-6/h1-4,11-12H,(H,9,10). The maximum Gasteiger partial charge on any atom is 0.707 e. The van der Waals surface area contributed by atoms with Crippen LogP contribution in [-0.4, -0.2) is 27.6 Å². The van der Waals surface area contributed by atoms with Gasteiger partial charge >= 0.3 is 7.32 Å². The number of aromatic nitrogens is 2. The topological polar surface area (TPSA) is 78.4 Å². The van der Waals surface area contributed by atoms with Crippen LogP contribution in [0.15, 0.2) is 24.4 Å². The molecule has 0 bridgehead atoms. The molecule has 2 aromatic rings. The first-order valence-electron chi connectivity index (χ1n) is 3.72. The average molecular weight is 178 g/mol. The van der Waals surface area contributed by atoms with E-state index in [9.17, 15) is 0 Å². The maximum absolute atomic E-state index is 8.61. The first-order chi connectivity index (χ1) is 6.27. The second-order valence-corrected chi connectivity index (χ2v) is 2.53. The minimum absolute atomic E-state index is 0.390. The summed E-state index contributed by atoms with van der Waals surface area (Å²) in [6, 6.07) is 5.19. The number of rotatable bonds is 2. The molecule has 66 valence electrons. The van der Waals surface area contributed by atoms with Gasteiger partial charge < -0.3 is 14.7 Å². The highest BCUT2D eigenvalue weighted by molar-refractivity contribution is 6.34. The summed E-state index contributed by atoms with van der Waals surface area (Å²) < 4.78 is 4.74. The van der Waals surface area contributed by atoms with Gasteiger partial charge in [0.05, 0.1) is 17.1 Å². The number of nitrogens with zero attached hydrogens (tertiary/aromatic N) is 1. The second-order valence-electron chi connectivity index (χ2n) is 2.53. The van der Waals surface area contributed by atoms with Crippen LogP contribution in [-0.2, 0) is 0 Å². The molecule has 0 radical (unpaired) electrons. The van der Waals surface area contributed by atoms with Gasteiger partial charge in [-0.25, -0.2) is 0 Å². The molecule has 1 aromatic carbocycles. The van der Waals surface area contributed by atoms with Crippen molar-refractivity contribution in [2.75, 3.05) is 0 Å². The van der Waals surface area contributed by atoms with Crippen molar-refractivity contribution in [2.45, 2.75) is 0 Å². The Morgan fingerprint density at radius 2 is 2.23 bits per heavy atom. The normalized spacial score (nSPS) is 10.3. The van der Waals surface area contributed by atoms with E-state index in [1.165, 1.54) is 0 Å². The second kappa shape index (κ2) is 3.08. The monoisotopic (exact) mass is 178 g/mol. The van der Waals surface area contributed by atoms with Crippen LogP contribution < -0.4 is 4.65 Å². The van der Waals surface area contributed by atoms with Crippen LogP contribution >= 0.6 is 0 Å². The first-order valence-corrected chi connectivity index (χ1v) is 3.72. The number of benzene rings is 1. The van der Waals surface area contributed by atoms with Crippen molar-refractivity contribution >= 4 is 18.2 Å². The molecule has 2 rings (SSSR count).